The third kappa shape index (κ3) is 4.95. The van der Waals surface area contributed by atoms with E-state index in [1.807, 2.05) is 0 Å². The Kier molecular flexibility index (Phi) is 6.94. The second kappa shape index (κ2) is 8.92. The lowest BCUT2D eigenvalue weighted by Gasteiger charge is -2.18. The number of alkyl halides is 3. The van der Waals surface area contributed by atoms with E-state index in [1.165, 1.54) is 0 Å². The van der Waals surface area contributed by atoms with Crippen molar-refractivity contribution >= 4 is 23.3 Å². The second-order valence-corrected chi connectivity index (χ2v) is 6.88. The fourth-order valence-corrected chi connectivity index (χ4v) is 2.96. The highest BCUT2D eigenvalue weighted by molar-refractivity contribution is 6.34. The van der Waals surface area contributed by atoms with Gasteiger partial charge < -0.3 is 14.7 Å². The Morgan fingerprint density at radius 2 is 1.87 bits per heavy atom. The van der Waals surface area contributed by atoms with Gasteiger partial charge in [-0.3, -0.25) is 9.36 Å². The summed E-state index contributed by atoms with van der Waals surface area (Å²) in [7, 11) is 0.731. The zero-order valence-electron chi connectivity index (χ0n) is 16.3. The Balaban J connectivity index is 2.77. The number of aromatic nitrogens is 2. The molecule has 1 aromatic carbocycles. The van der Waals surface area contributed by atoms with E-state index >= 15 is 4.39 Å². The van der Waals surface area contributed by atoms with E-state index in [0.29, 0.717) is 11.8 Å². The lowest BCUT2D eigenvalue weighted by molar-refractivity contribution is -0.255. The van der Waals surface area contributed by atoms with Crippen molar-refractivity contribution in [3.8, 4) is 5.69 Å². The summed E-state index contributed by atoms with van der Waals surface area (Å²) in [5.74, 6) is -3.14. The maximum absolute atomic E-state index is 15.2. The molecule has 13 heteroatoms. The fourth-order valence-electron chi connectivity index (χ4n) is 2.65. The van der Waals surface area contributed by atoms with Gasteiger partial charge in [-0.2, -0.15) is 13.2 Å². The molecule has 0 unspecified atom stereocenters. The average molecular weight is 465 g/mol. The van der Waals surface area contributed by atoms with Crippen molar-refractivity contribution in [1.29, 1.82) is 0 Å². The molecule has 168 valence electrons. The van der Waals surface area contributed by atoms with Gasteiger partial charge in [0.15, 0.2) is 5.82 Å². The zero-order chi connectivity index (χ0) is 23.7. The predicted octanol–water partition coefficient (Wildman–Crippen LogP) is 1.67. The van der Waals surface area contributed by atoms with Gasteiger partial charge >= 0.3 is 11.9 Å². The van der Waals surface area contributed by atoms with Gasteiger partial charge in [-0.25, -0.2) is 13.8 Å². The topological polar surface area (TPSA) is 106 Å². The predicted molar refractivity (Wildman–Crippen MR) is 100 cm³/mol. The van der Waals surface area contributed by atoms with E-state index in [4.69, 9.17) is 16.4 Å². The summed E-state index contributed by atoms with van der Waals surface area (Å²) >= 11 is 5.93. The van der Waals surface area contributed by atoms with Gasteiger partial charge in [-0.05, 0) is 19.9 Å². The Bertz CT molecular complexity index is 1180. The van der Waals surface area contributed by atoms with E-state index in [2.05, 4.69) is 5.16 Å². The molecule has 0 N–H and O–H groups in total. The van der Waals surface area contributed by atoms with E-state index in [1.54, 1.807) is 13.8 Å². The second-order valence-electron chi connectivity index (χ2n) is 6.50. The number of carbonyl (C=O) groups is 1. The number of oxime groups is 1. The molecule has 2 aromatic rings. The number of carboxylic acid groups (broad SMARTS) is 1. The quantitative estimate of drug-likeness (QED) is 0.280. The van der Waals surface area contributed by atoms with Crippen LogP contribution in [0, 0.1) is 5.82 Å². The molecule has 0 fully saturated rings. The van der Waals surface area contributed by atoms with Crippen LogP contribution in [0.5, 0.6) is 0 Å². The van der Waals surface area contributed by atoms with Crippen LogP contribution < -0.4 is 16.4 Å². The fraction of sp³-hybridized carbons (Fsp3) is 0.333. The first kappa shape index (κ1) is 24.1. The van der Waals surface area contributed by atoms with Crippen molar-refractivity contribution in [3.05, 3.63) is 60.6 Å². The largest absolute Gasteiger partial charge is 0.545 e. The molecule has 1 heterocycles. The number of halogens is 5. The molecular weight excluding hydrogens is 450 g/mol. The van der Waals surface area contributed by atoms with Crippen LogP contribution in [-0.2, 0) is 24.5 Å². The summed E-state index contributed by atoms with van der Waals surface area (Å²) in [4.78, 5) is 41.0. The van der Waals surface area contributed by atoms with Crippen LogP contribution in [0.15, 0.2) is 26.9 Å². The van der Waals surface area contributed by atoms with Gasteiger partial charge in [-0.15, -0.1) is 0 Å². The number of hydrogen-bond donors (Lipinski definition) is 0. The highest BCUT2D eigenvalue weighted by atomic mass is 35.5. The molecular formula is C18H15ClF4N3O5-. The van der Waals surface area contributed by atoms with E-state index < -0.39 is 56.7 Å². The minimum absolute atomic E-state index is 0.0754. The summed E-state index contributed by atoms with van der Waals surface area (Å²) in [6.45, 7) is 2.99. The van der Waals surface area contributed by atoms with Crippen LogP contribution in [0.2, 0.25) is 5.02 Å². The highest BCUT2D eigenvalue weighted by Gasteiger charge is 2.35. The summed E-state index contributed by atoms with van der Waals surface area (Å²) in [6, 6.07) is 0.636. The van der Waals surface area contributed by atoms with Crippen LogP contribution in [0.4, 0.5) is 17.6 Å². The summed E-state index contributed by atoms with van der Waals surface area (Å²) < 4.78 is 54.4. The smallest absolute Gasteiger partial charge is 0.431 e. The first-order chi connectivity index (χ1) is 14.3. The molecule has 1 aromatic heterocycles. The monoisotopic (exact) mass is 464 g/mol. The molecule has 0 bridgehead atoms. The Morgan fingerprint density at radius 1 is 1.26 bits per heavy atom. The Morgan fingerprint density at radius 3 is 2.39 bits per heavy atom. The molecule has 0 amide bonds. The number of carboxylic acids is 1. The normalized spacial score (nSPS) is 11.4. The molecule has 2 rings (SSSR count). The number of nitrogens with zero attached hydrogens (tertiary/aromatic N) is 3. The number of benzene rings is 1. The molecule has 31 heavy (non-hydrogen) atoms. The van der Waals surface area contributed by atoms with Gasteiger partial charge in [0.1, 0.15) is 12.3 Å². The Hall–Kier alpha value is -3.15. The summed E-state index contributed by atoms with van der Waals surface area (Å²) in [5.41, 5.74) is -6.19. The van der Waals surface area contributed by atoms with Gasteiger partial charge in [0.05, 0.1) is 22.4 Å². The number of rotatable bonds is 6. The third-order valence-electron chi connectivity index (χ3n) is 4.03. The van der Waals surface area contributed by atoms with Gasteiger partial charge in [0.2, 0.25) is 0 Å². The first-order valence-corrected chi connectivity index (χ1v) is 8.91. The summed E-state index contributed by atoms with van der Waals surface area (Å²) in [6.07, 6.45) is -5.35. The highest BCUT2D eigenvalue weighted by Crippen LogP contribution is 2.30. The number of carbonyl (C=O) groups excluding carboxylic acids is 1. The van der Waals surface area contributed by atoms with Gasteiger partial charge in [0, 0.05) is 30.7 Å². The molecule has 0 spiro atoms. The number of hydrogen-bond acceptors (Lipinski definition) is 6. The lowest BCUT2D eigenvalue weighted by Crippen LogP contribution is -2.41. The maximum Gasteiger partial charge on any atom is 0.431 e. The molecule has 8 nitrogen and oxygen atoms in total. The molecule has 0 saturated heterocycles. The van der Waals surface area contributed by atoms with Gasteiger partial charge in [-0.1, -0.05) is 16.8 Å². The van der Waals surface area contributed by atoms with Crippen molar-refractivity contribution < 1.29 is 32.3 Å². The maximum atomic E-state index is 15.2. The van der Waals surface area contributed by atoms with Crippen molar-refractivity contribution in [1.82, 2.24) is 9.13 Å². The van der Waals surface area contributed by atoms with Gasteiger partial charge in [0.25, 0.3) is 5.56 Å². The lowest BCUT2D eigenvalue weighted by atomic mass is 10.1. The van der Waals surface area contributed by atoms with Crippen LogP contribution in [-0.4, -0.2) is 27.4 Å². The minimum atomic E-state index is -5.03. The van der Waals surface area contributed by atoms with Crippen molar-refractivity contribution in [2.24, 2.45) is 12.2 Å². The first-order valence-electron chi connectivity index (χ1n) is 8.53. The molecule has 0 aliphatic rings. The van der Waals surface area contributed by atoms with Crippen LogP contribution in [0.3, 0.4) is 0 Å². The van der Waals surface area contributed by atoms with E-state index in [-0.39, 0.29) is 28.2 Å². The summed E-state index contributed by atoms with van der Waals surface area (Å²) in [5, 5.41) is 14.5. The molecule has 0 saturated carbocycles. The standard InChI is InChI=1S/C18H16ClF4N3O5/c1-8(2)24-31-5-4-9-14(19)10(16(28)29)6-11(15(9)20)26-13(27)7-12(18(21,22)23)25(3)17(26)30/h6-7H,4-5H2,1-3H3,(H,28,29)/p-1. The molecule has 0 atom stereocenters. The average Bonchev–Trinajstić information content (AvgIpc) is 2.64. The van der Waals surface area contributed by atoms with Crippen molar-refractivity contribution in [3.63, 3.8) is 0 Å². The van der Waals surface area contributed by atoms with Crippen LogP contribution in [0.1, 0.15) is 35.5 Å². The van der Waals surface area contributed by atoms with Crippen molar-refractivity contribution in [2.75, 3.05) is 6.61 Å². The minimum Gasteiger partial charge on any atom is -0.545 e. The SMILES string of the molecule is CC(C)=NOCCc1c(F)c(-n2c(=O)cc(C(F)(F)F)n(C)c2=O)cc(C(=O)[O-])c1Cl. The van der Waals surface area contributed by atoms with Crippen molar-refractivity contribution in [2.45, 2.75) is 26.4 Å². The Labute approximate surface area is 176 Å². The van der Waals surface area contributed by atoms with E-state index in [0.717, 1.165) is 7.05 Å². The number of aromatic carboxylic acids is 1. The third-order valence-corrected chi connectivity index (χ3v) is 4.47. The molecule has 0 aliphatic carbocycles. The molecule has 0 radical (unpaired) electrons. The van der Waals surface area contributed by atoms with Crippen LogP contribution >= 0.6 is 11.6 Å². The van der Waals surface area contributed by atoms with E-state index in [9.17, 15) is 32.7 Å². The zero-order valence-corrected chi connectivity index (χ0v) is 17.1. The molecule has 0 aliphatic heterocycles. The van der Waals surface area contributed by atoms with Crippen LogP contribution in [0.25, 0.3) is 5.69 Å².